The molecule has 0 atom stereocenters. The number of nitrogens with one attached hydrogen (secondary N) is 1. The summed E-state index contributed by atoms with van der Waals surface area (Å²) in [5.74, 6) is 2.63. The van der Waals surface area contributed by atoms with Crippen molar-refractivity contribution in [2.45, 2.75) is 51.4 Å². The molecule has 0 aliphatic carbocycles. The smallest absolute Gasteiger partial charge is 0.404 e. The molecule has 0 aliphatic rings. The van der Waals surface area contributed by atoms with Crippen molar-refractivity contribution in [3.8, 4) is 12.3 Å². The summed E-state index contributed by atoms with van der Waals surface area (Å²) in [6.45, 7) is 0.576. The molecule has 0 aromatic carbocycles. The van der Waals surface area contributed by atoms with Gasteiger partial charge in [-0.2, -0.15) is 0 Å². The Morgan fingerprint density at radius 2 is 1.60 bits per heavy atom. The molecule has 15 heavy (non-hydrogen) atoms. The molecule has 0 rings (SSSR count). The molecule has 0 aliphatic heterocycles. The summed E-state index contributed by atoms with van der Waals surface area (Å²) >= 11 is 0. The summed E-state index contributed by atoms with van der Waals surface area (Å²) in [6, 6.07) is 0. The predicted octanol–water partition coefficient (Wildman–Crippen LogP) is 3.01. The third-order valence-corrected chi connectivity index (χ3v) is 2.27. The molecular weight excluding hydrogens is 190 g/mol. The van der Waals surface area contributed by atoms with Gasteiger partial charge in [0, 0.05) is 13.0 Å². The van der Waals surface area contributed by atoms with Crippen LogP contribution in [0.4, 0.5) is 4.79 Å². The molecule has 3 nitrogen and oxygen atoms in total. The fourth-order valence-corrected chi connectivity index (χ4v) is 1.43. The van der Waals surface area contributed by atoms with E-state index in [0.717, 1.165) is 25.7 Å². The van der Waals surface area contributed by atoms with Crippen molar-refractivity contribution in [1.29, 1.82) is 0 Å². The summed E-state index contributed by atoms with van der Waals surface area (Å²) in [7, 11) is 0. The fraction of sp³-hybridized carbons (Fsp3) is 0.750. The van der Waals surface area contributed by atoms with Crippen LogP contribution in [0.1, 0.15) is 51.4 Å². The lowest BCUT2D eigenvalue weighted by atomic mass is 10.1. The van der Waals surface area contributed by atoms with Crippen LogP contribution in [-0.4, -0.2) is 17.7 Å². The maximum absolute atomic E-state index is 10.1. The Hall–Kier alpha value is -1.17. The quantitative estimate of drug-likeness (QED) is 0.455. The van der Waals surface area contributed by atoms with Crippen LogP contribution >= 0.6 is 0 Å². The number of unbranched alkanes of at least 4 members (excludes halogenated alkanes) is 7. The van der Waals surface area contributed by atoms with Gasteiger partial charge in [0.25, 0.3) is 0 Å². The second-order valence-electron chi connectivity index (χ2n) is 3.66. The van der Waals surface area contributed by atoms with E-state index >= 15 is 0 Å². The van der Waals surface area contributed by atoms with E-state index in [4.69, 9.17) is 11.5 Å². The van der Waals surface area contributed by atoms with Crippen molar-refractivity contribution in [3.05, 3.63) is 0 Å². The summed E-state index contributed by atoms with van der Waals surface area (Å²) in [5.41, 5.74) is 0. The lowest BCUT2D eigenvalue weighted by Gasteiger charge is -2.01. The van der Waals surface area contributed by atoms with E-state index in [1.54, 1.807) is 0 Å². The molecule has 0 unspecified atom stereocenters. The van der Waals surface area contributed by atoms with E-state index in [0.29, 0.717) is 6.54 Å². The zero-order valence-corrected chi connectivity index (χ0v) is 9.30. The monoisotopic (exact) mass is 211 g/mol. The second kappa shape index (κ2) is 10.9. The van der Waals surface area contributed by atoms with Gasteiger partial charge in [-0.3, -0.25) is 0 Å². The first kappa shape index (κ1) is 13.8. The van der Waals surface area contributed by atoms with Gasteiger partial charge < -0.3 is 10.4 Å². The lowest BCUT2D eigenvalue weighted by Crippen LogP contribution is -2.21. The van der Waals surface area contributed by atoms with Crippen LogP contribution in [0.25, 0.3) is 0 Å². The Bertz CT molecular complexity index is 196. The Morgan fingerprint density at radius 1 is 1.07 bits per heavy atom. The molecule has 0 saturated heterocycles. The SMILES string of the molecule is C#CCCCCCCCCCNC(=O)O. The topological polar surface area (TPSA) is 49.3 Å². The summed E-state index contributed by atoms with van der Waals surface area (Å²) < 4.78 is 0. The number of hydrogen-bond donors (Lipinski definition) is 2. The third kappa shape index (κ3) is 12.8. The van der Waals surface area contributed by atoms with Gasteiger partial charge in [0.2, 0.25) is 0 Å². The zero-order chi connectivity index (χ0) is 11.4. The highest BCUT2D eigenvalue weighted by Gasteiger charge is 1.94. The van der Waals surface area contributed by atoms with Crippen molar-refractivity contribution in [3.63, 3.8) is 0 Å². The van der Waals surface area contributed by atoms with Gasteiger partial charge in [0.05, 0.1) is 0 Å². The largest absolute Gasteiger partial charge is 0.465 e. The Labute approximate surface area is 92.3 Å². The highest BCUT2D eigenvalue weighted by atomic mass is 16.4. The van der Waals surface area contributed by atoms with Gasteiger partial charge >= 0.3 is 6.09 Å². The van der Waals surface area contributed by atoms with E-state index in [2.05, 4.69) is 11.2 Å². The van der Waals surface area contributed by atoms with Gasteiger partial charge in [0.15, 0.2) is 0 Å². The average Bonchev–Trinajstić information content (AvgIpc) is 2.20. The Balaban J connectivity index is 2.93. The average molecular weight is 211 g/mol. The standard InChI is InChI=1S/C12H21NO2/c1-2-3-4-5-6-7-8-9-10-11-13-12(14)15/h1,13H,3-11H2,(H,14,15). The van der Waals surface area contributed by atoms with Gasteiger partial charge in [-0.1, -0.05) is 32.1 Å². The molecule has 0 fully saturated rings. The van der Waals surface area contributed by atoms with Crippen molar-refractivity contribution in [2.24, 2.45) is 0 Å². The van der Waals surface area contributed by atoms with E-state index in [9.17, 15) is 4.79 Å². The van der Waals surface area contributed by atoms with Crippen molar-refractivity contribution in [1.82, 2.24) is 5.32 Å². The number of carboxylic acid groups (broad SMARTS) is 1. The molecule has 1 amide bonds. The fourth-order valence-electron chi connectivity index (χ4n) is 1.43. The van der Waals surface area contributed by atoms with E-state index in [1.165, 1.54) is 25.7 Å². The maximum atomic E-state index is 10.1. The zero-order valence-electron chi connectivity index (χ0n) is 9.30. The normalized spacial score (nSPS) is 9.53. The van der Waals surface area contributed by atoms with Crippen LogP contribution in [0.15, 0.2) is 0 Å². The second-order valence-corrected chi connectivity index (χ2v) is 3.66. The Kier molecular flexibility index (Phi) is 10.1. The van der Waals surface area contributed by atoms with E-state index in [-0.39, 0.29) is 0 Å². The van der Waals surface area contributed by atoms with E-state index in [1.807, 2.05) is 0 Å². The molecule has 0 saturated carbocycles. The minimum absolute atomic E-state index is 0.576. The molecule has 0 aromatic heterocycles. The molecule has 3 heteroatoms. The first-order valence-electron chi connectivity index (χ1n) is 5.67. The van der Waals surface area contributed by atoms with Crippen molar-refractivity contribution < 1.29 is 9.90 Å². The van der Waals surface area contributed by atoms with Crippen LogP contribution in [0, 0.1) is 12.3 Å². The predicted molar refractivity (Wildman–Crippen MR) is 61.8 cm³/mol. The lowest BCUT2D eigenvalue weighted by molar-refractivity contribution is 0.194. The summed E-state index contributed by atoms with van der Waals surface area (Å²) in [6.07, 6.45) is 13.2. The minimum Gasteiger partial charge on any atom is -0.465 e. The summed E-state index contributed by atoms with van der Waals surface area (Å²) in [4.78, 5) is 10.1. The molecule has 86 valence electrons. The van der Waals surface area contributed by atoms with Crippen LogP contribution in [0.3, 0.4) is 0 Å². The first-order valence-corrected chi connectivity index (χ1v) is 5.67. The number of amides is 1. The number of carbonyl (C=O) groups is 1. The van der Waals surface area contributed by atoms with Gasteiger partial charge in [0.1, 0.15) is 0 Å². The van der Waals surface area contributed by atoms with Crippen LogP contribution < -0.4 is 5.32 Å². The highest BCUT2D eigenvalue weighted by molar-refractivity contribution is 5.64. The van der Waals surface area contributed by atoms with Gasteiger partial charge in [-0.15, -0.1) is 12.3 Å². The highest BCUT2D eigenvalue weighted by Crippen LogP contribution is 2.07. The molecular formula is C12H21NO2. The molecule has 0 bridgehead atoms. The molecule has 2 N–H and O–H groups in total. The number of hydrogen-bond acceptors (Lipinski definition) is 1. The third-order valence-electron chi connectivity index (χ3n) is 2.27. The van der Waals surface area contributed by atoms with Crippen molar-refractivity contribution >= 4 is 6.09 Å². The number of terminal acetylenes is 1. The van der Waals surface area contributed by atoms with Gasteiger partial charge in [-0.25, -0.2) is 4.79 Å². The van der Waals surface area contributed by atoms with Crippen LogP contribution in [0.5, 0.6) is 0 Å². The Morgan fingerprint density at radius 3 is 2.13 bits per heavy atom. The number of rotatable bonds is 9. The first-order chi connectivity index (χ1) is 7.27. The summed E-state index contributed by atoms with van der Waals surface area (Å²) in [5, 5.41) is 10.7. The molecule has 0 aromatic rings. The molecule has 0 heterocycles. The molecule has 0 spiro atoms. The minimum atomic E-state index is -0.927. The van der Waals surface area contributed by atoms with Crippen LogP contribution in [-0.2, 0) is 0 Å². The van der Waals surface area contributed by atoms with Gasteiger partial charge in [-0.05, 0) is 12.8 Å². The molecule has 0 radical (unpaired) electrons. The maximum Gasteiger partial charge on any atom is 0.404 e. The van der Waals surface area contributed by atoms with E-state index < -0.39 is 6.09 Å². The van der Waals surface area contributed by atoms with Crippen LogP contribution in [0.2, 0.25) is 0 Å². The van der Waals surface area contributed by atoms with Crippen molar-refractivity contribution in [2.75, 3.05) is 6.54 Å².